The molecule has 0 aromatic heterocycles. The molecule has 4 nitrogen and oxygen atoms in total. The summed E-state index contributed by atoms with van der Waals surface area (Å²) in [4.78, 5) is 0. The molecule has 0 unspecified atom stereocenters. The minimum Gasteiger partial charge on any atom is -0.493 e. The third-order valence-electron chi connectivity index (χ3n) is 6.20. The summed E-state index contributed by atoms with van der Waals surface area (Å²) in [5.74, 6) is 0. The van der Waals surface area contributed by atoms with Crippen molar-refractivity contribution in [3.8, 4) is 0 Å². The molecule has 2 aromatic carbocycles. The highest BCUT2D eigenvalue weighted by atomic mass is 28.4. The van der Waals surface area contributed by atoms with E-state index in [1.165, 1.54) is 0 Å². The van der Waals surface area contributed by atoms with E-state index in [9.17, 15) is 0 Å². The normalized spacial score (nSPS) is 21.6. The van der Waals surface area contributed by atoms with Crippen LogP contribution in [0.1, 0.15) is 31.9 Å². The molecule has 0 amide bonds. The number of ether oxygens (including phenoxy) is 3. The van der Waals surface area contributed by atoms with E-state index in [-0.39, 0.29) is 23.4 Å². The first-order valence-corrected chi connectivity index (χ1v) is 13.9. The van der Waals surface area contributed by atoms with Crippen LogP contribution < -0.4 is 0 Å². The molecule has 0 bridgehead atoms. The standard InChI is InChI=1S/C26H36O4Si/c1-26(2,3)31(4,5)30-20-24-25(29-19-22-14-10-7-11-15-22)23(16-17-27-24)28-18-21-12-8-6-9-13-21/h6-17,23-25H,18-20H2,1-5H3/t23-,24-,25-/m1/s1. The molecule has 0 spiro atoms. The summed E-state index contributed by atoms with van der Waals surface area (Å²) in [6.45, 7) is 12.8. The zero-order chi connectivity index (χ0) is 22.3. The molecule has 1 aliphatic rings. The fourth-order valence-electron chi connectivity index (χ4n) is 3.15. The SMILES string of the molecule is CC(C)(C)[Si](C)(C)OC[C@H]1OC=C[C@@H](OCc2ccccc2)[C@H]1OCc1ccccc1. The first-order chi connectivity index (χ1) is 14.8. The lowest BCUT2D eigenvalue weighted by Gasteiger charge is -2.40. The molecule has 31 heavy (non-hydrogen) atoms. The van der Waals surface area contributed by atoms with Crippen molar-refractivity contribution < 1.29 is 18.6 Å². The predicted molar refractivity (Wildman–Crippen MR) is 127 cm³/mol. The topological polar surface area (TPSA) is 36.9 Å². The van der Waals surface area contributed by atoms with Crippen molar-refractivity contribution in [2.24, 2.45) is 0 Å². The highest BCUT2D eigenvalue weighted by molar-refractivity contribution is 6.74. The molecule has 1 heterocycles. The molecule has 0 saturated heterocycles. The van der Waals surface area contributed by atoms with E-state index in [0.717, 1.165) is 11.1 Å². The molecule has 0 aliphatic carbocycles. The summed E-state index contributed by atoms with van der Waals surface area (Å²) in [6, 6.07) is 20.4. The van der Waals surface area contributed by atoms with E-state index in [4.69, 9.17) is 18.6 Å². The van der Waals surface area contributed by atoms with Crippen LogP contribution in [0.2, 0.25) is 18.1 Å². The highest BCUT2D eigenvalue weighted by Gasteiger charge is 2.40. The van der Waals surface area contributed by atoms with Gasteiger partial charge in [0, 0.05) is 0 Å². The van der Waals surface area contributed by atoms with Crippen LogP contribution >= 0.6 is 0 Å². The van der Waals surface area contributed by atoms with Gasteiger partial charge in [-0.3, -0.25) is 0 Å². The quantitative estimate of drug-likeness (QED) is 0.442. The van der Waals surface area contributed by atoms with Crippen molar-refractivity contribution in [3.05, 3.63) is 84.1 Å². The Kier molecular flexibility index (Phi) is 8.11. The number of hydrogen-bond acceptors (Lipinski definition) is 4. The van der Waals surface area contributed by atoms with Crippen LogP contribution in [0.25, 0.3) is 0 Å². The van der Waals surface area contributed by atoms with E-state index in [0.29, 0.717) is 19.8 Å². The van der Waals surface area contributed by atoms with Crippen LogP contribution in [0, 0.1) is 0 Å². The van der Waals surface area contributed by atoms with E-state index in [2.05, 4.69) is 58.1 Å². The van der Waals surface area contributed by atoms with Crippen LogP contribution in [-0.2, 0) is 31.9 Å². The smallest absolute Gasteiger partial charge is 0.192 e. The lowest BCUT2D eigenvalue weighted by molar-refractivity contribution is -0.138. The lowest BCUT2D eigenvalue weighted by atomic mass is 10.1. The maximum absolute atomic E-state index is 6.47. The van der Waals surface area contributed by atoms with Gasteiger partial charge in [-0.2, -0.15) is 0 Å². The van der Waals surface area contributed by atoms with Gasteiger partial charge < -0.3 is 18.6 Å². The van der Waals surface area contributed by atoms with Gasteiger partial charge in [0.25, 0.3) is 0 Å². The summed E-state index contributed by atoms with van der Waals surface area (Å²) in [7, 11) is -1.90. The lowest BCUT2D eigenvalue weighted by Crippen LogP contribution is -2.49. The van der Waals surface area contributed by atoms with Crippen molar-refractivity contribution in [2.75, 3.05) is 6.61 Å². The van der Waals surface area contributed by atoms with Crippen molar-refractivity contribution >= 4 is 8.32 Å². The van der Waals surface area contributed by atoms with Crippen LogP contribution in [0.5, 0.6) is 0 Å². The summed E-state index contributed by atoms with van der Waals surface area (Å²) < 4.78 is 25.1. The van der Waals surface area contributed by atoms with Crippen molar-refractivity contribution in [2.45, 2.75) is 70.4 Å². The molecule has 0 saturated carbocycles. The van der Waals surface area contributed by atoms with E-state index < -0.39 is 8.32 Å². The molecular weight excluding hydrogens is 404 g/mol. The minimum atomic E-state index is -1.90. The summed E-state index contributed by atoms with van der Waals surface area (Å²) in [5.41, 5.74) is 2.27. The van der Waals surface area contributed by atoms with Gasteiger partial charge in [0.15, 0.2) is 8.32 Å². The van der Waals surface area contributed by atoms with Crippen molar-refractivity contribution in [1.29, 1.82) is 0 Å². The maximum atomic E-state index is 6.47. The average Bonchev–Trinajstić information content (AvgIpc) is 2.76. The molecule has 168 valence electrons. The first-order valence-electron chi connectivity index (χ1n) is 11.0. The molecule has 1 aliphatic heterocycles. The molecule has 2 aromatic rings. The van der Waals surface area contributed by atoms with E-state index in [1.54, 1.807) is 6.26 Å². The van der Waals surface area contributed by atoms with Crippen molar-refractivity contribution in [3.63, 3.8) is 0 Å². The van der Waals surface area contributed by atoms with Gasteiger partial charge in [0.2, 0.25) is 0 Å². The Bertz CT molecular complexity index is 814. The Balaban J connectivity index is 1.70. The molecule has 3 rings (SSSR count). The van der Waals surface area contributed by atoms with E-state index >= 15 is 0 Å². The molecule has 5 heteroatoms. The largest absolute Gasteiger partial charge is 0.493 e. The number of rotatable bonds is 9. The second-order valence-corrected chi connectivity index (χ2v) is 14.4. The Hall–Kier alpha value is -1.92. The molecule has 0 N–H and O–H groups in total. The fraction of sp³-hybridized carbons (Fsp3) is 0.462. The van der Waals surface area contributed by atoms with Gasteiger partial charge in [-0.1, -0.05) is 81.4 Å². The van der Waals surface area contributed by atoms with E-state index in [1.807, 2.05) is 42.5 Å². The second-order valence-electron chi connectivity index (χ2n) is 9.60. The van der Waals surface area contributed by atoms with Crippen LogP contribution in [0.4, 0.5) is 0 Å². The summed E-state index contributed by atoms with van der Waals surface area (Å²) in [6.07, 6.45) is 3.01. The molecular formula is C26H36O4Si. The highest BCUT2D eigenvalue weighted by Crippen LogP contribution is 2.37. The zero-order valence-corrected chi connectivity index (χ0v) is 20.4. The molecule has 0 radical (unpaired) electrons. The molecule has 3 atom stereocenters. The third kappa shape index (κ3) is 6.78. The van der Waals surface area contributed by atoms with Crippen LogP contribution in [-0.4, -0.2) is 33.2 Å². The minimum absolute atomic E-state index is 0.140. The fourth-order valence-corrected chi connectivity index (χ4v) is 4.16. The first kappa shape index (κ1) is 23.7. The van der Waals surface area contributed by atoms with Gasteiger partial charge in [-0.15, -0.1) is 0 Å². The van der Waals surface area contributed by atoms with Crippen molar-refractivity contribution in [1.82, 2.24) is 0 Å². The monoisotopic (exact) mass is 440 g/mol. The number of hydrogen-bond donors (Lipinski definition) is 0. The Labute approximate surface area is 188 Å². The second kappa shape index (κ2) is 10.6. The summed E-state index contributed by atoms with van der Waals surface area (Å²) in [5, 5.41) is 0.140. The third-order valence-corrected chi connectivity index (χ3v) is 10.7. The summed E-state index contributed by atoms with van der Waals surface area (Å²) >= 11 is 0. The van der Waals surface area contributed by atoms with Gasteiger partial charge in [-0.05, 0) is 35.3 Å². The molecule has 0 fully saturated rings. The Morgan fingerprint density at radius 1 is 0.839 bits per heavy atom. The predicted octanol–water partition coefficient (Wildman–Crippen LogP) is 6.09. The van der Waals surface area contributed by atoms with Crippen LogP contribution in [0.3, 0.4) is 0 Å². The van der Waals surface area contributed by atoms with Gasteiger partial charge in [0.1, 0.15) is 18.3 Å². The Morgan fingerprint density at radius 3 is 1.94 bits per heavy atom. The number of benzene rings is 2. The average molecular weight is 441 g/mol. The van der Waals surface area contributed by atoms with Gasteiger partial charge >= 0.3 is 0 Å². The van der Waals surface area contributed by atoms with Crippen LogP contribution in [0.15, 0.2) is 73.0 Å². The zero-order valence-electron chi connectivity index (χ0n) is 19.4. The maximum Gasteiger partial charge on any atom is 0.192 e. The Morgan fingerprint density at radius 2 is 1.39 bits per heavy atom. The van der Waals surface area contributed by atoms with Gasteiger partial charge in [-0.25, -0.2) is 0 Å². The van der Waals surface area contributed by atoms with Gasteiger partial charge in [0.05, 0.1) is 26.1 Å².